The molecule has 1 atom stereocenters. The Labute approximate surface area is 136 Å². The molecule has 0 bridgehead atoms. The van der Waals surface area contributed by atoms with E-state index < -0.39 is 0 Å². The molecule has 2 fully saturated rings. The molecule has 124 valence electrons. The molecule has 2 heterocycles. The molecule has 0 spiro atoms. The Kier molecular flexibility index (Phi) is 5.12. The van der Waals surface area contributed by atoms with Crippen molar-refractivity contribution in [3.8, 4) is 0 Å². The van der Waals surface area contributed by atoms with E-state index in [-0.39, 0.29) is 18.0 Å². The Balaban J connectivity index is 1.60. The minimum Gasteiger partial charge on any atom is -0.325 e. The molecular weight excluding hydrogens is 292 g/mol. The largest absolute Gasteiger partial charge is 0.325 e. The third-order valence-corrected chi connectivity index (χ3v) is 4.43. The molecule has 2 aliphatic heterocycles. The number of amides is 3. The van der Waals surface area contributed by atoms with Gasteiger partial charge in [-0.3, -0.25) is 4.79 Å². The predicted molar refractivity (Wildman–Crippen MR) is 90.5 cm³/mol. The zero-order valence-corrected chi connectivity index (χ0v) is 13.3. The fourth-order valence-electron chi connectivity index (χ4n) is 3.17. The molecule has 3 N–H and O–H groups in total. The molecule has 3 amide bonds. The second kappa shape index (κ2) is 7.46. The van der Waals surface area contributed by atoms with Crippen molar-refractivity contribution in [2.24, 2.45) is 0 Å². The molecule has 0 saturated carbocycles. The van der Waals surface area contributed by atoms with E-state index in [0.717, 1.165) is 45.3 Å². The van der Waals surface area contributed by atoms with Gasteiger partial charge < -0.3 is 20.9 Å². The van der Waals surface area contributed by atoms with Gasteiger partial charge in [-0.05, 0) is 44.4 Å². The lowest BCUT2D eigenvalue weighted by Crippen LogP contribution is -2.32. The Morgan fingerprint density at radius 3 is 2.43 bits per heavy atom. The summed E-state index contributed by atoms with van der Waals surface area (Å²) in [5.41, 5.74) is 1.31. The zero-order chi connectivity index (χ0) is 16.1. The van der Waals surface area contributed by atoms with Gasteiger partial charge in [-0.2, -0.15) is 0 Å². The number of carbonyl (C=O) groups excluding carboxylic acids is 2. The van der Waals surface area contributed by atoms with Crippen LogP contribution in [0, 0.1) is 0 Å². The van der Waals surface area contributed by atoms with E-state index in [1.807, 2.05) is 24.3 Å². The van der Waals surface area contributed by atoms with Crippen LogP contribution >= 0.6 is 0 Å². The van der Waals surface area contributed by atoms with Crippen molar-refractivity contribution < 1.29 is 9.59 Å². The third-order valence-electron chi connectivity index (χ3n) is 4.43. The fraction of sp³-hybridized carbons (Fsp3) is 0.529. The lowest BCUT2D eigenvalue weighted by Gasteiger charge is -2.18. The van der Waals surface area contributed by atoms with Gasteiger partial charge in [-0.25, -0.2) is 4.79 Å². The molecule has 1 aromatic carbocycles. The average Bonchev–Trinajstić information content (AvgIpc) is 3.22. The van der Waals surface area contributed by atoms with Crippen LogP contribution in [-0.2, 0) is 4.79 Å². The smallest absolute Gasteiger partial charge is 0.321 e. The first-order valence-electron chi connectivity index (χ1n) is 8.40. The summed E-state index contributed by atoms with van der Waals surface area (Å²) >= 11 is 0. The molecule has 0 aromatic heterocycles. The van der Waals surface area contributed by atoms with Crippen molar-refractivity contribution in [2.45, 2.75) is 38.1 Å². The normalized spacial score (nSPS) is 20.5. The summed E-state index contributed by atoms with van der Waals surface area (Å²) in [5, 5.41) is 9.15. The van der Waals surface area contributed by atoms with Gasteiger partial charge in [0, 0.05) is 25.6 Å². The summed E-state index contributed by atoms with van der Waals surface area (Å²) in [6.45, 7) is 2.59. The van der Waals surface area contributed by atoms with Gasteiger partial charge in [0.15, 0.2) is 0 Å². The highest BCUT2D eigenvalue weighted by Crippen LogP contribution is 2.23. The highest BCUT2D eigenvalue weighted by atomic mass is 16.2. The standard InChI is InChI=1S/C17H24N4O2/c22-16(12-13-6-5-9-18-13)19-14-7-1-2-8-15(14)20-17(23)21-10-3-4-11-21/h1-2,7-8,13,18H,3-6,9-12H2,(H,19,22)(H,20,23). The highest BCUT2D eigenvalue weighted by Gasteiger charge is 2.20. The van der Waals surface area contributed by atoms with Crippen molar-refractivity contribution in [2.75, 3.05) is 30.3 Å². The minimum atomic E-state index is -0.0957. The van der Waals surface area contributed by atoms with Gasteiger partial charge in [-0.15, -0.1) is 0 Å². The van der Waals surface area contributed by atoms with Crippen LogP contribution in [0.4, 0.5) is 16.2 Å². The summed E-state index contributed by atoms with van der Waals surface area (Å²) in [7, 11) is 0. The number of para-hydroxylation sites is 2. The predicted octanol–water partition coefficient (Wildman–Crippen LogP) is 2.39. The van der Waals surface area contributed by atoms with E-state index in [9.17, 15) is 9.59 Å². The summed E-state index contributed by atoms with van der Waals surface area (Å²) in [6, 6.07) is 7.52. The first-order valence-corrected chi connectivity index (χ1v) is 8.40. The molecule has 2 aliphatic rings. The summed E-state index contributed by atoms with van der Waals surface area (Å²) in [6.07, 6.45) is 4.75. The molecule has 0 radical (unpaired) electrons. The van der Waals surface area contributed by atoms with Gasteiger partial charge in [-0.1, -0.05) is 12.1 Å². The molecule has 0 aliphatic carbocycles. The minimum absolute atomic E-state index is 0.0210. The number of hydrogen-bond acceptors (Lipinski definition) is 3. The number of likely N-dealkylation sites (tertiary alicyclic amines) is 1. The first kappa shape index (κ1) is 15.8. The lowest BCUT2D eigenvalue weighted by molar-refractivity contribution is -0.116. The van der Waals surface area contributed by atoms with E-state index in [2.05, 4.69) is 16.0 Å². The SMILES string of the molecule is O=C(CC1CCCN1)Nc1ccccc1NC(=O)N1CCCC1. The van der Waals surface area contributed by atoms with Crippen LogP contribution in [0.1, 0.15) is 32.1 Å². The van der Waals surface area contributed by atoms with Gasteiger partial charge in [0.2, 0.25) is 5.91 Å². The Bertz CT molecular complexity index is 563. The molecule has 2 saturated heterocycles. The van der Waals surface area contributed by atoms with Crippen molar-refractivity contribution in [1.82, 2.24) is 10.2 Å². The average molecular weight is 316 g/mol. The number of rotatable bonds is 4. The van der Waals surface area contributed by atoms with Crippen molar-refractivity contribution >= 4 is 23.3 Å². The van der Waals surface area contributed by atoms with E-state index >= 15 is 0 Å². The summed E-state index contributed by atoms with van der Waals surface area (Å²) in [4.78, 5) is 26.2. The third kappa shape index (κ3) is 4.22. The molecule has 1 aromatic rings. The van der Waals surface area contributed by atoms with Gasteiger partial charge in [0.25, 0.3) is 0 Å². The Morgan fingerprint density at radius 1 is 1.09 bits per heavy atom. The van der Waals surface area contributed by atoms with E-state index in [0.29, 0.717) is 17.8 Å². The van der Waals surface area contributed by atoms with E-state index in [1.165, 1.54) is 0 Å². The first-order chi connectivity index (χ1) is 11.2. The van der Waals surface area contributed by atoms with Crippen LogP contribution in [0.25, 0.3) is 0 Å². The molecule has 3 rings (SSSR count). The maximum atomic E-state index is 12.2. The van der Waals surface area contributed by atoms with Crippen molar-refractivity contribution in [3.63, 3.8) is 0 Å². The van der Waals surface area contributed by atoms with E-state index in [4.69, 9.17) is 0 Å². The molecule has 6 nitrogen and oxygen atoms in total. The van der Waals surface area contributed by atoms with Crippen LogP contribution in [0.5, 0.6) is 0 Å². The van der Waals surface area contributed by atoms with Crippen LogP contribution in [-0.4, -0.2) is 42.5 Å². The molecule has 23 heavy (non-hydrogen) atoms. The molecule has 6 heteroatoms. The Hall–Kier alpha value is -2.08. The summed E-state index contributed by atoms with van der Waals surface area (Å²) < 4.78 is 0. The number of nitrogens with one attached hydrogen (secondary N) is 3. The molecular formula is C17H24N4O2. The number of benzene rings is 1. The molecule has 1 unspecified atom stereocenters. The van der Waals surface area contributed by atoms with Gasteiger partial charge >= 0.3 is 6.03 Å². The number of nitrogens with zero attached hydrogens (tertiary/aromatic N) is 1. The second-order valence-electron chi connectivity index (χ2n) is 6.22. The van der Waals surface area contributed by atoms with Gasteiger partial charge in [0.05, 0.1) is 11.4 Å². The monoisotopic (exact) mass is 316 g/mol. The zero-order valence-electron chi connectivity index (χ0n) is 13.3. The highest BCUT2D eigenvalue weighted by molar-refractivity contribution is 5.99. The maximum Gasteiger partial charge on any atom is 0.321 e. The summed E-state index contributed by atoms with van der Waals surface area (Å²) in [5.74, 6) is -0.0210. The Morgan fingerprint density at radius 2 is 1.78 bits per heavy atom. The second-order valence-corrected chi connectivity index (χ2v) is 6.22. The number of hydrogen-bond donors (Lipinski definition) is 3. The van der Waals surface area contributed by atoms with E-state index in [1.54, 1.807) is 4.90 Å². The van der Waals surface area contributed by atoms with Crippen molar-refractivity contribution in [1.29, 1.82) is 0 Å². The lowest BCUT2D eigenvalue weighted by atomic mass is 10.1. The number of urea groups is 1. The fourth-order valence-corrected chi connectivity index (χ4v) is 3.17. The topological polar surface area (TPSA) is 73.5 Å². The maximum absolute atomic E-state index is 12.2. The van der Waals surface area contributed by atoms with Crippen LogP contribution in [0.3, 0.4) is 0 Å². The van der Waals surface area contributed by atoms with Crippen LogP contribution in [0.2, 0.25) is 0 Å². The number of carbonyl (C=O) groups is 2. The van der Waals surface area contributed by atoms with Crippen LogP contribution < -0.4 is 16.0 Å². The van der Waals surface area contributed by atoms with Crippen molar-refractivity contribution in [3.05, 3.63) is 24.3 Å². The van der Waals surface area contributed by atoms with Gasteiger partial charge in [0.1, 0.15) is 0 Å². The quantitative estimate of drug-likeness (QED) is 0.798. The number of anilines is 2. The van der Waals surface area contributed by atoms with Crippen LogP contribution in [0.15, 0.2) is 24.3 Å².